The van der Waals surface area contributed by atoms with E-state index in [-0.39, 0.29) is 0 Å². The van der Waals surface area contributed by atoms with Crippen LogP contribution in [-0.2, 0) is 19.5 Å². The number of nitrogens with zero attached hydrogens (tertiary/aromatic N) is 1. The summed E-state index contributed by atoms with van der Waals surface area (Å²) in [5, 5.41) is 3.40. The molecule has 0 aliphatic heterocycles. The van der Waals surface area contributed by atoms with Crippen LogP contribution in [-0.4, -0.2) is 25.0 Å². The summed E-state index contributed by atoms with van der Waals surface area (Å²) >= 11 is 0. The maximum absolute atomic E-state index is 5.37. The third-order valence-electron chi connectivity index (χ3n) is 3.79. The molecule has 2 rings (SSSR count). The monoisotopic (exact) mass is 286 g/mol. The zero-order valence-corrected chi connectivity index (χ0v) is 13.4. The Hall–Kier alpha value is -1.58. The van der Waals surface area contributed by atoms with Crippen molar-refractivity contribution in [2.75, 3.05) is 20.1 Å². The molecule has 0 atom stereocenters. The molecule has 3 nitrogen and oxygen atoms in total. The van der Waals surface area contributed by atoms with Crippen LogP contribution in [0.3, 0.4) is 0 Å². The second-order valence-electron chi connectivity index (χ2n) is 5.55. The van der Waals surface area contributed by atoms with Crippen molar-refractivity contribution in [3.05, 3.63) is 59.0 Å². The van der Waals surface area contributed by atoms with Gasteiger partial charge in [0.25, 0.3) is 0 Å². The van der Waals surface area contributed by atoms with E-state index in [4.69, 9.17) is 4.42 Å². The molecule has 1 aromatic heterocycles. The molecule has 0 unspecified atom stereocenters. The average Bonchev–Trinajstić information content (AvgIpc) is 2.86. The molecule has 2 aromatic rings. The van der Waals surface area contributed by atoms with Gasteiger partial charge in [0.1, 0.15) is 5.76 Å². The van der Waals surface area contributed by atoms with E-state index in [1.165, 1.54) is 16.7 Å². The first-order valence-corrected chi connectivity index (χ1v) is 7.69. The zero-order valence-electron chi connectivity index (χ0n) is 13.4. The van der Waals surface area contributed by atoms with Crippen LogP contribution >= 0.6 is 0 Å². The minimum atomic E-state index is 0.921. The minimum absolute atomic E-state index is 0.921. The van der Waals surface area contributed by atoms with Gasteiger partial charge < -0.3 is 9.73 Å². The van der Waals surface area contributed by atoms with Crippen LogP contribution in [0.1, 0.15) is 29.4 Å². The van der Waals surface area contributed by atoms with Crippen molar-refractivity contribution in [1.29, 1.82) is 0 Å². The first-order chi connectivity index (χ1) is 10.2. The molecule has 1 N–H and O–H groups in total. The number of hydrogen-bond donors (Lipinski definition) is 1. The zero-order chi connectivity index (χ0) is 15.1. The lowest BCUT2D eigenvalue weighted by molar-refractivity contribution is 0.315. The number of aryl methyl sites for hydroxylation is 1. The molecule has 0 radical (unpaired) electrons. The van der Waals surface area contributed by atoms with Gasteiger partial charge in [-0.3, -0.25) is 4.90 Å². The standard InChI is InChI=1S/C18H26N2O/c1-4-19-11-9-16-7-5-6-8-18(16)14-20(3)13-17-10-12-21-15(17)2/h5-8,10,12,19H,4,9,11,13-14H2,1-3H3. The summed E-state index contributed by atoms with van der Waals surface area (Å²) in [5.41, 5.74) is 4.12. The third kappa shape index (κ3) is 4.73. The molecule has 0 spiro atoms. The van der Waals surface area contributed by atoms with E-state index in [1.54, 1.807) is 6.26 Å². The number of hydrogen-bond acceptors (Lipinski definition) is 3. The van der Waals surface area contributed by atoms with Crippen molar-refractivity contribution in [2.45, 2.75) is 33.4 Å². The largest absolute Gasteiger partial charge is 0.469 e. The van der Waals surface area contributed by atoms with Crippen LogP contribution in [0, 0.1) is 6.92 Å². The lowest BCUT2D eigenvalue weighted by Gasteiger charge is -2.18. The highest BCUT2D eigenvalue weighted by atomic mass is 16.3. The van der Waals surface area contributed by atoms with E-state index in [2.05, 4.69) is 54.5 Å². The van der Waals surface area contributed by atoms with Gasteiger partial charge in [0.05, 0.1) is 6.26 Å². The predicted octanol–water partition coefficient (Wildman–Crippen LogP) is 3.37. The number of nitrogens with one attached hydrogen (secondary N) is 1. The van der Waals surface area contributed by atoms with Crippen molar-refractivity contribution >= 4 is 0 Å². The van der Waals surface area contributed by atoms with Gasteiger partial charge in [0, 0.05) is 18.7 Å². The van der Waals surface area contributed by atoms with Gasteiger partial charge in [0.2, 0.25) is 0 Å². The predicted molar refractivity (Wildman–Crippen MR) is 87.3 cm³/mol. The molecule has 0 aliphatic rings. The highest BCUT2D eigenvalue weighted by molar-refractivity contribution is 5.27. The molecule has 21 heavy (non-hydrogen) atoms. The van der Waals surface area contributed by atoms with Gasteiger partial charge in [-0.2, -0.15) is 0 Å². The van der Waals surface area contributed by atoms with E-state index in [0.29, 0.717) is 0 Å². The molecular weight excluding hydrogens is 260 g/mol. The van der Waals surface area contributed by atoms with Crippen LogP contribution in [0.2, 0.25) is 0 Å². The lowest BCUT2D eigenvalue weighted by Crippen LogP contribution is -2.20. The van der Waals surface area contributed by atoms with Crippen LogP contribution in [0.15, 0.2) is 41.0 Å². The molecule has 1 heterocycles. The summed E-state index contributed by atoms with van der Waals surface area (Å²) < 4.78 is 5.37. The Morgan fingerprint density at radius 1 is 1.05 bits per heavy atom. The topological polar surface area (TPSA) is 28.4 Å². The van der Waals surface area contributed by atoms with Crippen molar-refractivity contribution in [1.82, 2.24) is 10.2 Å². The van der Waals surface area contributed by atoms with E-state index >= 15 is 0 Å². The fourth-order valence-corrected chi connectivity index (χ4v) is 2.57. The van der Waals surface area contributed by atoms with E-state index in [1.807, 2.05) is 6.92 Å². The average molecular weight is 286 g/mol. The Bertz CT molecular complexity index is 548. The molecule has 3 heteroatoms. The molecule has 0 fully saturated rings. The molecule has 0 saturated heterocycles. The second-order valence-corrected chi connectivity index (χ2v) is 5.55. The minimum Gasteiger partial charge on any atom is -0.469 e. The molecule has 0 amide bonds. The van der Waals surface area contributed by atoms with Gasteiger partial charge in [-0.1, -0.05) is 31.2 Å². The van der Waals surface area contributed by atoms with Gasteiger partial charge >= 0.3 is 0 Å². The molecule has 0 bridgehead atoms. The smallest absolute Gasteiger partial charge is 0.105 e. The number of benzene rings is 1. The molecule has 1 aromatic carbocycles. The highest BCUT2D eigenvalue weighted by Crippen LogP contribution is 2.15. The van der Waals surface area contributed by atoms with E-state index < -0.39 is 0 Å². The van der Waals surface area contributed by atoms with Gasteiger partial charge in [-0.05, 0) is 50.7 Å². The Morgan fingerprint density at radius 3 is 2.43 bits per heavy atom. The normalized spacial score (nSPS) is 11.2. The van der Waals surface area contributed by atoms with Crippen molar-refractivity contribution in [2.24, 2.45) is 0 Å². The molecular formula is C18H26N2O. The molecule has 114 valence electrons. The van der Waals surface area contributed by atoms with Crippen LogP contribution in [0.5, 0.6) is 0 Å². The molecule has 0 aliphatic carbocycles. The Kier molecular flexibility index (Phi) is 6.03. The second kappa shape index (κ2) is 8.01. The summed E-state index contributed by atoms with van der Waals surface area (Å²) in [6.07, 6.45) is 2.85. The number of furan rings is 1. The van der Waals surface area contributed by atoms with E-state index in [9.17, 15) is 0 Å². The fourth-order valence-electron chi connectivity index (χ4n) is 2.57. The van der Waals surface area contributed by atoms with Gasteiger partial charge in [-0.25, -0.2) is 0 Å². The number of likely N-dealkylation sites (N-methyl/N-ethyl adjacent to an activating group) is 1. The van der Waals surface area contributed by atoms with Gasteiger partial charge in [-0.15, -0.1) is 0 Å². The van der Waals surface area contributed by atoms with Gasteiger partial charge in [0.15, 0.2) is 0 Å². The first-order valence-electron chi connectivity index (χ1n) is 7.69. The Balaban J connectivity index is 1.96. The lowest BCUT2D eigenvalue weighted by atomic mass is 10.0. The number of rotatable bonds is 8. The Morgan fingerprint density at radius 2 is 1.76 bits per heavy atom. The highest BCUT2D eigenvalue weighted by Gasteiger charge is 2.08. The quantitative estimate of drug-likeness (QED) is 0.754. The Labute approximate surface area is 128 Å². The van der Waals surface area contributed by atoms with Crippen LogP contribution < -0.4 is 5.32 Å². The summed E-state index contributed by atoms with van der Waals surface area (Å²) in [6.45, 7) is 8.12. The van der Waals surface area contributed by atoms with E-state index in [0.717, 1.165) is 38.4 Å². The third-order valence-corrected chi connectivity index (χ3v) is 3.79. The maximum Gasteiger partial charge on any atom is 0.105 e. The van der Waals surface area contributed by atoms with Crippen LogP contribution in [0.25, 0.3) is 0 Å². The first kappa shape index (κ1) is 15.8. The van der Waals surface area contributed by atoms with Crippen molar-refractivity contribution < 1.29 is 4.42 Å². The van der Waals surface area contributed by atoms with Crippen molar-refractivity contribution in [3.8, 4) is 0 Å². The van der Waals surface area contributed by atoms with Crippen LogP contribution in [0.4, 0.5) is 0 Å². The summed E-state index contributed by atoms with van der Waals surface area (Å²) in [5.74, 6) is 1.02. The summed E-state index contributed by atoms with van der Waals surface area (Å²) in [6, 6.07) is 10.8. The SMILES string of the molecule is CCNCCc1ccccc1CN(C)Cc1ccoc1C. The summed E-state index contributed by atoms with van der Waals surface area (Å²) in [4.78, 5) is 2.34. The fraction of sp³-hybridized carbons (Fsp3) is 0.444. The maximum atomic E-state index is 5.37. The molecule has 0 saturated carbocycles. The summed E-state index contributed by atoms with van der Waals surface area (Å²) in [7, 11) is 2.16. The van der Waals surface area contributed by atoms with Crippen molar-refractivity contribution in [3.63, 3.8) is 0 Å².